The summed E-state index contributed by atoms with van der Waals surface area (Å²) in [5, 5.41) is 21.2. The number of carboxylic acid groups (broad SMARTS) is 1. The molecule has 5 aromatic rings. The van der Waals surface area contributed by atoms with Gasteiger partial charge in [0.15, 0.2) is 0 Å². The lowest BCUT2D eigenvalue weighted by molar-refractivity contribution is 0.0692. The summed E-state index contributed by atoms with van der Waals surface area (Å²) in [6, 6.07) is 12.4. The summed E-state index contributed by atoms with van der Waals surface area (Å²) in [7, 11) is 0. The molecule has 0 unspecified atom stereocenters. The Bertz CT molecular complexity index is 1510. The van der Waals surface area contributed by atoms with Crippen molar-refractivity contribution in [2.24, 2.45) is 0 Å². The molecule has 5 rings (SSSR count). The van der Waals surface area contributed by atoms with E-state index in [0.29, 0.717) is 28.9 Å². The molecule has 168 valence electrons. The number of aliphatic hydroxyl groups is 1. The first-order chi connectivity index (χ1) is 15.9. The molecule has 0 spiro atoms. The van der Waals surface area contributed by atoms with Gasteiger partial charge >= 0.3 is 5.97 Å². The summed E-state index contributed by atoms with van der Waals surface area (Å²) in [6.45, 7) is 4.47. The maximum absolute atomic E-state index is 14.5. The topological polar surface area (TPSA) is 94.0 Å². The molecule has 6 nitrogen and oxygen atoms in total. The minimum Gasteiger partial charge on any atom is -0.477 e. The van der Waals surface area contributed by atoms with Crippen LogP contribution in [-0.2, 0) is 6.54 Å². The molecular formula is C26H24FN3O3. The molecule has 0 radical (unpaired) electrons. The molecular weight excluding hydrogens is 421 g/mol. The Labute approximate surface area is 189 Å². The average molecular weight is 445 g/mol. The molecule has 0 saturated heterocycles. The fourth-order valence-electron chi connectivity index (χ4n) is 4.83. The molecule has 0 bridgehead atoms. The number of nitrogens with zero attached hydrogens (tertiary/aromatic N) is 1. The third kappa shape index (κ3) is 3.32. The second kappa shape index (κ2) is 7.94. The van der Waals surface area contributed by atoms with Gasteiger partial charge in [-0.05, 0) is 47.4 Å². The third-order valence-corrected chi connectivity index (χ3v) is 6.16. The van der Waals surface area contributed by atoms with Crippen molar-refractivity contribution in [3.8, 4) is 22.4 Å². The number of halogens is 1. The SMILES string of the molecule is CC(C)c1c(-c2cc(F)cc3[nH]ccc23)[nH]c(C(=O)O)c1-c1cccc2c1ccn2CCO. The Hall–Kier alpha value is -3.84. The number of aromatic nitrogens is 3. The Kier molecular flexibility index (Phi) is 5.06. The van der Waals surface area contributed by atoms with Crippen LogP contribution in [0.15, 0.2) is 54.9 Å². The minimum atomic E-state index is -1.08. The number of hydrogen-bond acceptors (Lipinski definition) is 2. The zero-order valence-corrected chi connectivity index (χ0v) is 18.3. The first-order valence-corrected chi connectivity index (χ1v) is 10.9. The number of carbonyl (C=O) groups is 1. The Morgan fingerprint density at radius 3 is 2.67 bits per heavy atom. The summed E-state index contributed by atoms with van der Waals surface area (Å²) in [5.74, 6) is -1.51. The van der Waals surface area contributed by atoms with Gasteiger partial charge in [0.05, 0.1) is 12.3 Å². The first kappa shape index (κ1) is 21.0. The van der Waals surface area contributed by atoms with Crippen LogP contribution in [0.2, 0.25) is 0 Å². The zero-order chi connectivity index (χ0) is 23.3. The summed E-state index contributed by atoms with van der Waals surface area (Å²) in [5.41, 5.74) is 5.07. The van der Waals surface area contributed by atoms with Crippen molar-refractivity contribution in [2.75, 3.05) is 6.61 Å². The normalized spacial score (nSPS) is 11.8. The monoisotopic (exact) mass is 445 g/mol. The van der Waals surface area contributed by atoms with Gasteiger partial charge in [0.25, 0.3) is 0 Å². The quantitative estimate of drug-likeness (QED) is 0.269. The van der Waals surface area contributed by atoms with Crippen LogP contribution in [0.5, 0.6) is 0 Å². The highest BCUT2D eigenvalue weighted by molar-refractivity contribution is 6.07. The van der Waals surface area contributed by atoms with E-state index in [1.54, 1.807) is 6.20 Å². The number of rotatable bonds is 6. The summed E-state index contributed by atoms with van der Waals surface area (Å²) in [4.78, 5) is 18.6. The van der Waals surface area contributed by atoms with Crippen LogP contribution in [0.1, 0.15) is 35.8 Å². The van der Waals surface area contributed by atoms with Crippen molar-refractivity contribution in [1.82, 2.24) is 14.5 Å². The second-order valence-corrected chi connectivity index (χ2v) is 8.49. The highest BCUT2D eigenvalue weighted by atomic mass is 19.1. The van der Waals surface area contributed by atoms with Gasteiger partial charge in [-0.15, -0.1) is 0 Å². The van der Waals surface area contributed by atoms with E-state index in [4.69, 9.17) is 0 Å². The van der Waals surface area contributed by atoms with Crippen LogP contribution in [0.3, 0.4) is 0 Å². The molecule has 2 aromatic carbocycles. The highest BCUT2D eigenvalue weighted by Crippen LogP contribution is 2.44. The molecule has 0 aliphatic carbocycles. The maximum atomic E-state index is 14.5. The molecule has 3 heterocycles. The third-order valence-electron chi connectivity index (χ3n) is 6.16. The molecule has 0 aliphatic heterocycles. The molecule has 0 fully saturated rings. The van der Waals surface area contributed by atoms with E-state index in [9.17, 15) is 19.4 Å². The van der Waals surface area contributed by atoms with Crippen LogP contribution in [0.25, 0.3) is 44.2 Å². The van der Waals surface area contributed by atoms with Crippen LogP contribution in [0, 0.1) is 5.82 Å². The van der Waals surface area contributed by atoms with Crippen molar-refractivity contribution >= 4 is 27.8 Å². The highest BCUT2D eigenvalue weighted by Gasteiger charge is 2.28. The fraction of sp³-hybridized carbons (Fsp3) is 0.192. The van der Waals surface area contributed by atoms with Gasteiger partial charge in [0, 0.05) is 51.9 Å². The predicted molar refractivity (Wildman–Crippen MR) is 127 cm³/mol. The second-order valence-electron chi connectivity index (χ2n) is 8.49. The average Bonchev–Trinajstić information content (AvgIpc) is 3.49. The van der Waals surface area contributed by atoms with E-state index >= 15 is 0 Å². The number of benzene rings is 2. The van der Waals surface area contributed by atoms with E-state index in [1.807, 2.05) is 54.9 Å². The standard InChI is InChI=1S/C26H24FN3O3/c1-14(2)22-23(18-4-3-5-21-17(18)7-9-30(21)10-11-31)25(26(32)33)29-24(22)19-12-15(27)13-20-16(19)6-8-28-20/h3-9,12-14,28-29,31H,10-11H2,1-2H3,(H,32,33). The molecule has 7 heteroatoms. The van der Waals surface area contributed by atoms with E-state index in [2.05, 4.69) is 9.97 Å². The number of hydrogen-bond donors (Lipinski definition) is 4. The Morgan fingerprint density at radius 2 is 1.94 bits per heavy atom. The molecule has 33 heavy (non-hydrogen) atoms. The lowest BCUT2D eigenvalue weighted by Gasteiger charge is -2.14. The van der Waals surface area contributed by atoms with Gasteiger partial charge in [0.1, 0.15) is 11.5 Å². The van der Waals surface area contributed by atoms with Gasteiger partial charge in [-0.25, -0.2) is 9.18 Å². The smallest absolute Gasteiger partial charge is 0.352 e. The van der Waals surface area contributed by atoms with E-state index in [-0.39, 0.29) is 18.2 Å². The molecule has 0 atom stereocenters. The van der Waals surface area contributed by atoms with Crippen LogP contribution in [-0.4, -0.2) is 37.3 Å². The Balaban J connectivity index is 1.86. The van der Waals surface area contributed by atoms with Crippen LogP contribution < -0.4 is 0 Å². The van der Waals surface area contributed by atoms with Crippen molar-refractivity contribution in [3.05, 3.63) is 71.9 Å². The number of carboxylic acids is 1. The number of aromatic amines is 2. The summed E-state index contributed by atoms with van der Waals surface area (Å²) < 4.78 is 16.4. The van der Waals surface area contributed by atoms with Crippen molar-refractivity contribution in [1.29, 1.82) is 0 Å². The number of nitrogens with one attached hydrogen (secondary N) is 2. The van der Waals surface area contributed by atoms with Gasteiger partial charge in [-0.2, -0.15) is 0 Å². The molecule has 0 saturated carbocycles. The fourth-order valence-corrected chi connectivity index (χ4v) is 4.83. The Morgan fingerprint density at radius 1 is 1.12 bits per heavy atom. The van der Waals surface area contributed by atoms with Crippen molar-refractivity contribution < 1.29 is 19.4 Å². The predicted octanol–water partition coefficient (Wildman–Crippen LogP) is 5.74. The maximum Gasteiger partial charge on any atom is 0.352 e. The molecule has 0 amide bonds. The number of aromatic carboxylic acids is 1. The first-order valence-electron chi connectivity index (χ1n) is 10.9. The van der Waals surface area contributed by atoms with Gasteiger partial charge in [-0.3, -0.25) is 0 Å². The van der Waals surface area contributed by atoms with E-state index < -0.39 is 11.8 Å². The zero-order valence-electron chi connectivity index (χ0n) is 18.3. The minimum absolute atomic E-state index is 0.00612. The summed E-state index contributed by atoms with van der Waals surface area (Å²) >= 11 is 0. The number of fused-ring (bicyclic) bond motifs is 2. The number of H-pyrrole nitrogens is 2. The van der Waals surface area contributed by atoms with Crippen LogP contribution in [0.4, 0.5) is 4.39 Å². The van der Waals surface area contributed by atoms with Gasteiger partial charge in [0.2, 0.25) is 0 Å². The van der Waals surface area contributed by atoms with E-state index in [0.717, 1.165) is 27.4 Å². The number of aliphatic hydroxyl groups excluding tert-OH is 1. The van der Waals surface area contributed by atoms with Crippen molar-refractivity contribution in [3.63, 3.8) is 0 Å². The molecule has 3 aromatic heterocycles. The molecule has 0 aliphatic rings. The largest absolute Gasteiger partial charge is 0.477 e. The van der Waals surface area contributed by atoms with Crippen LogP contribution >= 0.6 is 0 Å². The lowest BCUT2D eigenvalue weighted by Crippen LogP contribution is -2.01. The van der Waals surface area contributed by atoms with Crippen molar-refractivity contribution in [2.45, 2.75) is 26.3 Å². The molecule has 4 N–H and O–H groups in total. The summed E-state index contributed by atoms with van der Waals surface area (Å²) in [6.07, 6.45) is 3.64. The van der Waals surface area contributed by atoms with E-state index in [1.165, 1.54) is 12.1 Å². The van der Waals surface area contributed by atoms with Gasteiger partial charge in [-0.1, -0.05) is 26.0 Å². The van der Waals surface area contributed by atoms with Gasteiger partial charge < -0.3 is 24.7 Å². The lowest BCUT2D eigenvalue weighted by atomic mass is 9.89.